The molecular formula is C19H17O3. The highest BCUT2D eigenvalue weighted by atomic mass is 16.5. The largest absolute Gasteiger partial charge is 0.493 e. The maximum atomic E-state index is 12.8. The van der Waals surface area contributed by atoms with Gasteiger partial charge in [-0.05, 0) is 32.4 Å². The van der Waals surface area contributed by atoms with Crippen molar-refractivity contribution in [3.8, 4) is 17.1 Å². The van der Waals surface area contributed by atoms with Gasteiger partial charge in [0, 0.05) is 11.1 Å². The molecule has 0 aliphatic carbocycles. The van der Waals surface area contributed by atoms with Crippen LogP contribution in [0, 0.1) is 13.8 Å². The van der Waals surface area contributed by atoms with Gasteiger partial charge >= 0.3 is 0 Å². The Bertz CT molecular complexity index is 848. The van der Waals surface area contributed by atoms with Crippen molar-refractivity contribution >= 4 is 11.0 Å². The lowest BCUT2D eigenvalue weighted by Gasteiger charge is -2.10. The lowest BCUT2D eigenvalue weighted by molar-refractivity contribution is 0.327. The minimum absolute atomic E-state index is 0.0558. The van der Waals surface area contributed by atoms with Crippen LogP contribution in [0.2, 0.25) is 0 Å². The minimum atomic E-state index is -0.0558. The summed E-state index contributed by atoms with van der Waals surface area (Å²) in [6, 6.07) is 15.0. The van der Waals surface area contributed by atoms with Crippen LogP contribution in [0.3, 0.4) is 0 Å². The molecule has 0 amide bonds. The molecule has 0 fully saturated rings. The average Bonchev–Trinajstić information content (AvgIpc) is 2.56. The molecule has 0 N–H and O–H groups in total. The van der Waals surface area contributed by atoms with Gasteiger partial charge in [0.2, 0.25) is 0 Å². The second kappa shape index (κ2) is 6.06. The molecule has 0 saturated carbocycles. The van der Waals surface area contributed by atoms with E-state index in [-0.39, 0.29) is 5.43 Å². The van der Waals surface area contributed by atoms with Crippen molar-refractivity contribution < 1.29 is 9.15 Å². The topological polar surface area (TPSA) is 39.4 Å². The van der Waals surface area contributed by atoms with E-state index in [1.165, 1.54) is 0 Å². The average molecular weight is 293 g/mol. The summed E-state index contributed by atoms with van der Waals surface area (Å²) in [4.78, 5) is 12.8. The first kappa shape index (κ1) is 14.4. The highest BCUT2D eigenvalue weighted by Crippen LogP contribution is 2.29. The summed E-state index contributed by atoms with van der Waals surface area (Å²) >= 11 is 0. The monoisotopic (exact) mass is 293 g/mol. The van der Waals surface area contributed by atoms with Crippen LogP contribution in [-0.2, 0) is 0 Å². The van der Waals surface area contributed by atoms with Crippen molar-refractivity contribution in [1.29, 1.82) is 0 Å². The molecule has 3 rings (SSSR count). The first-order chi connectivity index (χ1) is 10.7. The van der Waals surface area contributed by atoms with Crippen LogP contribution < -0.4 is 10.2 Å². The Kier molecular flexibility index (Phi) is 3.96. The van der Waals surface area contributed by atoms with Crippen LogP contribution >= 0.6 is 0 Å². The molecule has 111 valence electrons. The van der Waals surface area contributed by atoms with Gasteiger partial charge in [0.1, 0.15) is 22.5 Å². The molecule has 1 heterocycles. The third kappa shape index (κ3) is 2.50. The molecule has 0 bridgehead atoms. The Morgan fingerprint density at radius 3 is 2.59 bits per heavy atom. The van der Waals surface area contributed by atoms with Crippen LogP contribution in [0.4, 0.5) is 0 Å². The molecule has 3 heteroatoms. The quantitative estimate of drug-likeness (QED) is 0.717. The molecule has 0 unspecified atom stereocenters. The molecule has 0 saturated heterocycles. The van der Waals surface area contributed by atoms with Gasteiger partial charge in [-0.1, -0.05) is 36.4 Å². The fraction of sp³-hybridized carbons (Fsp3) is 0.158. The molecule has 0 atom stereocenters. The van der Waals surface area contributed by atoms with Gasteiger partial charge in [-0.3, -0.25) is 4.79 Å². The summed E-state index contributed by atoms with van der Waals surface area (Å²) in [6.45, 7) is 6.00. The van der Waals surface area contributed by atoms with Gasteiger partial charge in [-0.15, -0.1) is 0 Å². The maximum absolute atomic E-state index is 12.8. The van der Waals surface area contributed by atoms with Crippen molar-refractivity contribution in [3.63, 3.8) is 0 Å². The third-order valence-electron chi connectivity index (χ3n) is 3.55. The zero-order valence-electron chi connectivity index (χ0n) is 12.5. The van der Waals surface area contributed by atoms with Crippen molar-refractivity contribution in [2.24, 2.45) is 0 Å². The summed E-state index contributed by atoms with van der Waals surface area (Å²) < 4.78 is 11.6. The Labute approximate surface area is 129 Å². The van der Waals surface area contributed by atoms with E-state index in [1.54, 1.807) is 19.1 Å². The van der Waals surface area contributed by atoms with E-state index < -0.39 is 0 Å². The zero-order chi connectivity index (χ0) is 15.5. The standard InChI is InChI=1S/C19H17O3/c1-3-12-21-15-10-7-11-16-17(15)18(20)13(2)19(22-16)14-8-5-4-6-9-14/h4-11H,1,3,12H2,2H3. The van der Waals surface area contributed by atoms with Gasteiger partial charge in [-0.2, -0.15) is 0 Å². The van der Waals surface area contributed by atoms with Crippen molar-refractivity contribution in [2.75, 3.05) is 6.61 Å². The second-order valence-electron chi connectivity index (χ2n) is 5.08. The molecule has 0 aliphatic heterocycles. The number of fused-ring (bicyclic) bond motifs is 1. The fourth-order valence-corrected chi connectivity index (χ4v) is 2.46. The summed E-state index contributed by atoms with van der Waals surface area (Å²) in [5.41, 5.74) is 1.96. The van der Waals surface area contributed by atoms with Crippen molar-refractivity contribution in [1.82, 2.24) is 0 Å². The minimum Gasteiger partial charge on any atom is -0.493 e. The van der Waals surface area contributed by atoms with Crippen molar-refractivity contribution in [3.05, 3.63) is 71.2 Å². The Morgan fingerprint density at radius 2 is 1.86 bits per heavy atom. The number of benzene rings is 2. The van der Waals surface area contributed by atoms with E-state index in [0.29, 0.717) is 41.1 Å². The fourth-order valence-electron chi connectivity index (χ4n) is 2.46. The van der Waals surface area contributed by atoms with Gasteiger partial charge in [0.25, 0.3) is 0 Å². The molecule has 2 aromatic carbocycles. The highest BCUT2D eigenvalue weighted by Gasteiger charge is 2.15. The van der Waals surface area contributed by atoms with Crippen LogP contribution in [0.1, 0.15) is 12.0 Å². The Balaban J connectivity index is 2.24. The second-order valence-corrected chi connectivity index (χ2v) is 5.08. The van der Waals surface area contributed by atoms with E-state index in [2.05, 4.69) is 6.92 Å². The molecule has 3 aromatic rings. The number of hydrogen-bond donors (Lipinski definition) is 0. The normalized spacial score (nSPS) is 10.8. The van der Waals surface area contributed by atoms with E-state index in [4.69, 9.17) is 9.15 Å². The molecule has 1 aromatic heterocycles. The highest BCUT2D eigenvalue weighted by molar-refractivity contribution is 5.86. The zero-order valence-corrected chi connectivity index (χ0v) is 12.5. The summed E-state index contributed by atoms with van der Waals surface area (Å²) in [7, 11) is 0. The Morgan fingerprint density at radius 1 is 1.09 bits per heavy atom. The third-order valence-corrected chi connectivity index (χ3v) is 3.55. The predicted octanol–water partition coefficient (Wildman–Crippen LogP) is 4.37. The van der Waals surface area contributed by atoms with Crippen LogP contribution in [0.15, 0.2) is 57.7 Å². The van der Waals surface area contributed by atoms with Gasteiger partial charge in [0.05, 0.1) is 6.61 Å². The smallest absolute Gasteiger partial charge is 0.199 e. The molecule has 3 nitrogen and oxygen atoms in total. The Hall–Kier alpha value is -2.55. The SMILES string of the molecule is [CH2]CCOc1cccc2oc(-c3ccccc3)c(C)c(=O)c12. The summed E-state index contributed by atoms with van der Waals surface area (Å²) in [6.07, 6.45) is 0.642. The van der Waals surface area contributed by atoms with E-state index >= 15 is 0 Å². The van der Waals surface area contributed by atoms with Crippen LogP contribution in [0.5, 0.6) is 5.75 Å². The van der Waals surface area contributed by atoms with Gasteiger partial charge in [-0.25, -0.2) is 0 Å². The number of hydrogen-bond acceptors (Lipinski definition) is 3. The molecule has 1 radical (unpaired) electrons. The lowest BCUT2D eigenvalue weighted by atomic mass is 10.1. The van der Waals surface area contributed by atoms with Crippen LogP contribution in [0.25, 0.3) is 22.3 Å². The van der Waals surface area contributed by atoms with Gasteiger partial charge in [0.15, 0.2) is 5.43 Å². The predicted molar refractivity (Wildman–Crippen MR) is 88.1 cm³/mol. The van der Waals surface area contributed by atoms with Gasteiger partial charge < -0.3 is 9.15 Å². The molecule has 0 aliphatic rings. The summed E-state index contributed by atoms with van der Waals surface area (Å²) in [5.74, 6) is 1.16. The molecule has 22 heavy (non-hydrogen) atoms. The maximum Gasteiger partial charge on any atom is 0.199 e. The number of rotatable bonds is 4. The van der Waals surface area contributed by atoms with Crippen molar-refractivity contribution in [2.45, 2.75) is 13.3 Å². The lowest BCUT2D eigenvalue weighted by Crippen LogP contribution is -2.09. The first-order valence-corrected chi connectivity index (χ1v) is 7.26. The molecular weight excluding hydrogens is 276 g/mol. The van der Waals surface area contributed by atoms with E-state index in [0.717, 1.165) is 5.56 Å². The first-order valence-electron chi connectivity index (χ1n) is 7.26. The molecule has 0 spiro atoms. The number of ether oxygens (including phenoxy) is 1. The summed E-state index contributed by atoms with van der Waals surface area (Å²) in [5, 5.41) is 0.494. The van der Waals surface area contributed by atoms with Crippen LogP contribution in [-0.4, -0.2) is 6.61 Å². The van der Waals surface area contributed by atoms with E-state index in [1.807, 2.05) is 36.4 Å². The van der Waals surface area contributed by atoms with E-state index in [9.17, 15) is 4.79 Å².